The molecule has 1 aliphatic carbocycles. The van der Waals surface area contributed by atoms with Gasteiger partial charge in [-0.25, -0.2) is 4.79 Å². The van der Waals surface area contributed by atoms with Crippen LogP contribution < -0.4 is 26.4 Å². The summed E-state index contributed by atoms with van der Waals surface area (Å²) in [4.78, 5) is 24.4. The monoisotopic (exact) mass is 1190 g/mol. The topological polar surface area (TPSA) is 47.2 Å². The van der Waals surface area contributed by atoms with Gasteiger partial charge in [-0.05, 0) is 49.9 Å². The Balaban J connectivity index is 0.000000363. The molecule has 1 heterocycles. The molecule has 0 radical (unpaired) electrons. The van der Waals surface area contributed by atoms with Crippen LogP contribution in [0.2, 0.25) is 0 Å². The molecule has 436 valence electrons. The Kier molecular flexibility index (Phi) is 17.6. The zero-order chi connectivity index (χ0) is 60.7. The number of halogens is 24. The fraction of sp³-hybridized carbons (Fsp3) is 0.288. The molecule has 0 unspecified atom stereocenters. The number of hydrogen-bond donors (Lipinski definition) is 0. The van der Waals surface area contributed by atoms with Crippen LogP contribution in [0.25, 0.3) is 0 Å². The van der Waals surface area contributed by atoms with Crippen molar-refractivity contribution in [3.63, 3.8) is 0 Å². The molecular weight excluding hydrogens is 1150 g/mol. The second-order valence-electron chi connectivity index (χ2n) is 18.4. The molecule has 0 N–H and O–H groups in total. The zero-order valence-electron chi connectivity index (χ0n) is 40.3. The quantitative estimate of drug-likeness (QED) is 0.0476. The molecule has 6 aromatic rings. The first-order valence-electron chi connectivity index (χ1n) is 23.1. The van der Waals surface area contributed by atoms with Gasteiger partial charge < -0.3 is 4.74 Å². The summed E-state index contributed by atoms with van der Waals surface area (Å²) in [6.07, 6.45) is -45.8. The Bertz CT molecular complexity index is 2780. The fourth-order valence-corrected chi connectivity index (χ4v) is 9.05. The van der Waals surface area contributed by atoms with E-state index in [2.05, 4.69) is 0 Å². The van der Waals surface area contributed by atoms with E-state index in [0.29, 0.717) is 11.1 Å². The average molecular weight is 1190 g/mol. The van der Waals surface area contributed by atoms with Crippen molar-refractivity contribution < 1.29 is 124 Å². The summed E-state index contributed by atoms with van der Waals surface area (Å²) in [5.41, 5.74) is -29.0. The smallest absolute Gasteiger partial charge is 0.416 e. The number of carbonyl (C=O) groups is 2. The number of carbonyl (C=O) groups excluding carboxylic acids is 2. The third-order valence-corrected chi connectivity index (χ3v) is 12.8. The molecule has 0 bridgehead atoms. The minimum absolute atomic E-state index is 0.0399. The van der Waals surface area contributed by atoms with Crippen LogP contribution in [-0.4, -0.2) is 24.0 Å². The molecule has 5 aromatic carbocycles. The summed E-state index contributed by atoms with van der Waals surface area (Å²) in [5, 5.41) is 0. The molecule has 0 amide bonds. The normalized spacial score (nSPS) is 14.5. The van der Waals surface area contributed by atoms with Crippen LogP contribution in [0.3, 0.4) is 0 Å². The minimum Gasteiger partial charge on any atom is -0.459 e. The highest BCUT2D eigenvalue weighted by Gasteiger charge is 2.47. The second kappa shape index (κ2) is 22.6. The lowest BCUT2D eigenvalue weighted by molar-refractivity contribution is -0.683. The highest BCUT2D eigenvalue weighted by Crippen LogP contribution is 2.41. The summed E-state index contributed by atoms with van der Waals surface area (Å²) >= 11 is 0. The van der Waals surface area contributed by atoms with Gasteiger partial charge in [0.05, 0.1) is 50.1 Å². The Morgan fingerprint density at radius 3 is 0.914 bits per heavy atom. The van der Waals surface area contributed by atoms with Gasteiger partial charge in [0, 0.05) is 17.7 Å². The van der Waals surface area contributed by atoms with Crippen molar-refractivity contribution in [2.45, 2.75) is 94.2 Å². The third-order valence-electron chi connectivity index (χ3n) is 12.8. The van der Waals surface area contributed by atoms with Crippen LogP contribution in [0.1, 0.15) is 97.3 Å². The van der Waals surface area contributed by atoms with E-state index >= 15 is 0 Å². The van der Waals surface area contributed by atoms with E-state index in [-0.39, 0.29) is 24.4 Å². The second-order valence-corrected chi connectivity index (χ2v) is 18.4. The summed E-state index contributed by atoms with van der Waals surface area (Å²) in [6, 6.07) is 3.81. The maximum Gasteiger partial charge on any atom is 0.416 e. The maximum absolute atomic E-state index is 14.2. The van der Waals surface area contributed by atoms with Crippen LogP contribution in [0.15, 0.2) is 128 Å². The van der Waals surface area contributed by atoms with Gasteiger partial charge in [0.2, 0.25) is 12.3 Å². The van der Waals surface area contributed by atoms with Gasteiger partial charge in [0.25, 0.3) is 0 Å². The SMILES string of the molecule is FC(F)(F)c1cc([B-](c2cc(C(F)(F)F)cc(C(F)(F)F)c2)(c2cc(C(F)(F)F)cc(C(F)(F)F)c2)c2cc(C(F)(F)F)cc(C(F)(F)F)c2)cc(C(F)(F)F)c1.O=C(C[n+]1ccc(C(=O)OC2CCCCC2)cc1)c1ccccc1. The lowest BCUT2D eigenvalue weighted by Gasteiger charge is -2.46. The first kappa shape index (κ1) is 63.0. The molecule has 7 rings (SSSR count). The van der Waals surface area contributed by atoms with Gasteiger partial charge in [0.15, 0.2) is 12.4 Å². The van der Waals surface area contributed by atoms with E-state index in [1.165, 1.54) is 6.42 Å². The van der Waals surface area contributed by atoms with E-state index < -0.39 is 195 Å². The van der Waals surface area contributed by atoms with E-state index in [1.807, 2.05) is 18.2 Å². The van der Waals surface area contributed by atoms with Crippen molar-refractivity contribution in [2.24, 2.45) is 0 Å². The molecule has 1 aromatic heterocycles. The van der Waals surface area contributed by atoms with Gasteiger partial charge >= 0.3 is 55.4 Å². The van der Waals surface area contributed by atoms with E-state index in [1.54, 1.807) is 41.2 Å². The fourth-order valence-electron chi connectivity index (χ4n) is 9.05. The Morgan fingerprint density at radius 1 is 0.383 bits per heavy atom. The predicted octanol–water partition coefficient (Wildman–Crippen LogP) is 14.6. The highest BCUT2D eigenvalue weighted by atomic mass is 19.4. The summed E-state index contributed by atoms with van der Waals surface area (Å²) in [6.45, 7) is 0.252. The summed E-state index contributed by atoms with van der Waals surface area (Å²) in [5.74, 6) is -0.235. The first-order chi connectivity index (χ1) is 37.0. The van der Waals surface area contributed by atoms with E-state index in [4.69, 9.17) is 4.74 Å². The molecule has 1 aliphatic rings. The molecule has 1 fully saturated rings. The van der Waals surface area contributed by atoms with Gasteiger partial charge in [0.1, 0.15) is 12.2 Å². The van der Waals surface area contributed by atoms with Gasteiger partial charge in [-0.2, -0.15) is 132 Å². The van der Waals surface area contributed by atoms with Crippen LogP contribution in [0, 0.1) is 0 Å². The van der Waals surface area contributed by atoms with Crippen LogP contribution in [-0.2, 0) is 60.7 Å². The van der Waals surface area contributed by atoms with Crippen molar-refractivity contribution >= 4 is 39.7 Å². The van der Waals surface area contributed by atoms with Crippen molar-refractivity contribution in [3.8, 4) is 0 Å². The minimum atomic E-state index is -6.13. The molecule has 0 saturated heterocycles. The number of hydrogen-bond acceptors (Lipinski definition) is 3. The molecule has 4 nitrogen and oxygen atoms in total. The number of pyridine rings is 1. The molecule has 1 saturated carbocycles. The van der Waals surface area contributed by atoms with Gasteiger partial charge in [-0.1, -0.05) is 85.3 Å². The molecule has 0 atom stereocenters. The van der Waals surface area contributed by atoms with Crippen molar-refractivity contribution in [1.82, 2.24) is 0 Å². The number of rotatable bonds is 9. The van der Waals surface area contributed by atoms with Crippen LogP contribution in [0.5, 0.6) is 0 Å². The Labute approximate surface area is 440 Å². The number of alkyl halides is 24. The number of Topliss-reactive ketones (excluding diaryl/α,β-unsaturated/α-hetero) is 1. The van der Waals surface area contributed by atoms with E-state index in [9.17, 15) is 115 Å². The lowest BCUT2D eigenvalue weighted by Crippen LogP contribution is -2.75. The number of ketones is 1. The molecule has 29 heteroatoms. The maximum atomic E-state index is 14.2. The number of benzene rings is 5. The molecule has 81 heavy (non-hydrogen) atoms. The predicted molar refractivity (Wildman–Crippen MR) is 240 cm³/mol. The van der Waals surface area contributed by atoms with Crippen molar-refractivity contribution in [3.05, 3.63) is 183 Å². The average Bonchev–Trinajstić information content (AvgIpc) is 2.96. The van der Waals surface area contributed by atoms with Crippen LogP contribution in [0.4, 0.5) is 105 Å². The van der Waals surface area contributed by atoms with Crippen molar-refractivity contribution in [2.75, 3.05) is 0 Å². The van der Waals surface area contributed by atoms with Crippen LogP contribution >= 0.6 is 0 Å². The molecular formula is C52H34BF24NO3. The van der Waals surface area contributed by atoms with E-state index in [0.717, 1.165) is 25.7 Å². The largest absolute Gasteiger partial charge is 0.459 e. The number of esters is 1. The van der Waals surface area contributed by atoms with Gasteiger partial charge in [-0.3, -0.25) is 4.79 Å². The number of aromatic nitrogens is 1. The zero-order valence-corrected chi connectivity index (χ0v) is 40.3. The highest BCUT2D eigenvalue weighted by molar-refractivity contribution is 7.20. The molecule has 0 aliphatic heterocycles. The lowest BCUT2D eigenvalue weighted by atomic mass is 9.12. The Morgan fingerprint density at radius 2 is 0.654 bits per heavy atom. The van der Waals surface area contributed by atoms with Crippen molar-refractivity contribution in [1.29, 1.82) is 0 Å². The Hall–Kier alpha value is -7.23. The standard InChI is InChI=1S/C32H12BF24.C20H22NO3/c34-25(35,36)13-1-14(26(37,38)39)6-21(5-13)33(22-7-15(27(40,41)42)2-16(8-22)28(43,44)45,23-9-17(29(46,47)48)3-18(10-23)30(49,50)51)24-11-19(31(52,53)54)4-20(12-24)32(55,56)57;22-19(16-7-3-1-4-8-16)15-21-13-11-17(12-14-21)20(23)24-18-9-5-2-6-10-18/h1-12H;1,3-4,7-8,11-14,18H,2,5-6,9-10,15H2/q-1;+1. The van der Waals surface area contributed by atoms with Gasteiger partial charge in [-0.15, -0.1) is 0 Å². The summed E-state index contributed by atoms with van der Waals surface area (Å²) < 4.78 is 348. The number of ether oxygens (including phenoxy) is 1. The first-order valence-corrected chi connectivity index (χ1v) is 23.1. The molecule has 0 spiro atoms. The summed E-state index contributed by atoms with van der Waals surface area (Å²) in [7, 11) is 0. The third kappa shape index (κ3) is 15.2. The number of nitrogens with zero attached hydrogens (tertiary/aromatic N) is 1.